The van der Waals surface area contributed by atoms with Gasteiger partial charge in [0.1, 0.15) is 0 Å². The average Bonchev–Trinajstić information content (AvgIpc) is 2.63. The number of anilines is 1. The van der Waals surface area contributed by atoms with E-state index in [2.05, 4.69) is 10.6 Å². The molecule has 0 saturated carbocycles. The predicted octanol–water partition coefficient (Wildman–Crippen LogP) is 1.83. The van der Waals surface area contributed by atoms with Crippen molar-refractivity contribution >= 4 is 27.6 Å². The summed E-state index contributed by atoms with van der Waals surface area (Å²) in [5, 5.41) is 4.88. The van der Waals surface area contributed by atoms with Gasteiger partial charge in [0.2, 0.25) is 0 Å². The van der Waals surface area contributed by atoms with Crippen molar-refractivity contribution in [1.82, 2.24) is 9.79 Å². The zero-order valence-corrected chi connectivity index (χ0v) is 14.4. The SMILES string of the molecule is CNC(=O)Nc1ccc(S(=O)(=O)N(OC)C(=O)c2ccccc2)cc1. The van der Waals surface area contributed by atoms with Gasteiger partial charge in [-0.05, 0) is 36.4 Å². The summed E-state index contributed by atoms with van der Waals surface area (Å²) in [5.41, 5.74) is 0.572. The second-order valence-corrected chi connectivity index (χ2v) is 6.57. The molecule has 0 saturated heterocycles. The largest absolute Gasteiger partial charge is 0.341 e. The maximum Gasteiger partial charge on any atom is 0.318 e. The van der Waals surface area contributed by atoms with Gasteiger partial charge >= 0.3 is 6.03 Å². The van der Waals surface area contributed by atoms with Crippen LogP contribution >= 0.6 is 0 Å². The highest BCUT2D eigenvalue weighted by atomic mass is 32.2. The van der Waals surface area contributed by atoms with E-state index in [-0.39, 0.29) is 10.5 Å². The van der Waals surface area contributed by atoms with Gasteiger partial charge in [0.25, 0.3) is 15.9 Å². The molecule has 0 unspecified atom stereocenters. The minimum absolute atomic E-state index is 0.152. The van der Waals surface area contributed by atoms with Crippen molar-refractivity contribution in [1.29, 1.82) is 0 Å². The van der Waals surface area contributed by atoms with Crippen molar-refractivity contribution in [2.24, 2.45) is 0 Å². The Labute approximate surface area is 145 Å². The number of sulfonamides is 1. The molecule has 0 aliphatic rings. The molecule has 0 aliphatic carbocycles. The van der Waals surface area contributed by atoms with Crippen LogP contribution in [0.2, 0.25) is 0 Å². The van der Waals surface area contributed by atoms with Crippen LogP contribution in [0.4, 0.5) is 10.5 Å². The van der Waals surface area contributed by atoms with Crippen molar-refractivity contribution in [3.63, 3.8) is 0 Å². The highest BCUT2D eigenvalue weighted by Gasteiger charge is 2.30. The summed E-state index contributed by atoms with van der Waals surface area (Å²) in [6.45, 7) is 0. The quantitative estimate of drug-likeness (QED) is 0.789. The molecular weight excluding hydrogens is 346 g/mol. The van der Waals surface area contributed by atoms with Gasteiger partial charge in [-0.25, -0.2) is 4.79 Å². The molecule has 0 radical (unpaired) electrons. The summed E-state index contributed by atoms with van der Waals surface area (Å²) >= 11 is 0. The smallest absolute Gasteiger partial charge is 0.318 e. The lowest BCUT2D eigenvalue weighted by molar-refractivity contribution is -0.0284. The third-order valence-corrected chi connectivity index (χ3v) is 4.83. The summed E-state index contributed by atoms with van der Waals surface area (Å²) in [5.74, 6) is -0.810. The summed E-state index contributed by atoms with van der Waals surface area (Å²) < 4.78 is 25.6. The number of hydrogen-bond donors (Lipinski definition) is 2. The zero-order chi connectivity index (χ0) is 18.4. The lowest BCUT2D eigenvalue weighted by atomic mass is 10.2. The van der Waals surface area contributed by atoms with Crippen molar-refractivity contribution in [3.8, 4) is 0 Å². The summed E-state index contributed by atoms with van der Waals surface area (Å²) in [7, 11) is -1.66. The number of carbonyl (C=O) groups is 2. The summed E-state index contributed by atoms with van der Waals surface area (Å²) in [6, 6.07) is 12.8. The van der Waals surface area contributed by atoms with E-state index in [0.29, 0.717) is 10.2 Å². The summed E-state index contributed by atoms with van der Waals surface area (Å²) in [4.78, 5) is 28.3. The number of benzene rings is 2. The van der Waals surface area contributed by atoms with Crippen LogP contribution in [0.15, 0.2) is 59.5 Å². The Kier molecular flexibility index (Phi) is 5.73. The molecule has 0 fully saturated rings. The van der Waals surface area contributed by atoms with Gasteiger partial charge in [-0.1, -0.05) is 18.2 Å². The van der Waals surface area contributed by atoms with E-state index < -0.39 is 22.0 Å². The first-order valence-corrected chi connectivity index (χ1v) is 8.61. The minimum atomic E-state index is -4.22. The van der Waals surface area contributed by atoms with Gasteiger partial charge in [-0.15, -0.1) is 4.47 Å². The van der Waals surface area contributed by atoms with Gasteiger partial charge in [-0.3, -0.25) is 9.63 Å². The van der Waals surface area contributed by atoms with E-state index in [4.69, 9.17) is 4.84 Å². The molecule has 25 heavy (non-hydrogen) atoms. The Morgan fingerprint density at radius 2 is 1.60 bits per heavy atom. The van der Waals surface area contributed by atoms with Crippen LogP contribution < -0.4 is 10.6 Å². The second-order valence-electron chi connectivity index (χ2n) is 4.81. The Morgan fingerprint density at radius 3 is 2.12 bits per heavy atom. The molecular formula is C16H17N3O5S. The number of hydroxylamine groups is 1. The van der Waals surface area contributed by atoms with Crippen LogP contribution in [0, 0.1) is 0 Å². The molecule has 0 atom stereocenters. The predicted molar refractivity (Wildman–Crippen MR) is 91.3 cm³/mol. The molecule has 0 spiro atoms. The molecule has 0 bridgehead atoms. The van der Waals surface area contributed by atoms with Gasteiger partial charge in [0, 0.05) is 18.3 Å². The summed E-state index contributed by atoms with van der Waals surface area (Å²) in [6.07, 6.45) is 0. The molecule has 0 aliphatic heterocycles. The van der Waals surface area contributed by atoms with E-state index in [1.165, 1.54) is 43.4 Å². The minimum Gasteiger partial charge on any atom is -0.341 e. The van der Waals surface area contributed by atoms with Crippen molar-refractivity contribution in [3.05, 3.63) is 60.2 Å². The Morgan fingerprint density at radius 1 is 1.00 bits per heavy atom. The molecule has 0 heterocycles. The van der Waals surface area contributed by atoms with Crippen LogP contribution in [-0.4, -0.2) is 39.0 Å². The maximum absolute atomic E-state index is 12.6. The van der Waals surface area contributed by atoms with E-state index in [0.717, 1.165) is 7.11 Å². The number of nitrogens with zero attached hydrogens (tertiary/aromatic N) is 1. The van der Waals surface area contributed by atoms with Crippen LogP contribution in [0.25, 0.3) is 0 Å². The number of carbonyl (C=O) groups excluding carboxylic acids is 2. The van der Waals surface area contributed by atoms with Crippen LogP contribution in [0.1, 0.15) is 10.4 Å². The van der Waals surface area contributed by atoms with Gasteiger partial charge in [0.05, 0.1) is 12.0 Å². The molecule has 0 aromatic heterocycles. The van der Waals surface area contributed by atoms with E-state index in [9.17, 15) is 18.0 Å². The van der Waals surface area contributed by atoms with E-state index >= 15 is 0 Å². The zero-order valence-electron chi connectivity index (χ0n) is 13.6. The molecule has 3 amide bonds. The standard InChI is InChI=1S/C16H17N3O5S/c1-17-16(21)18-13-8-10-14(11-9-13)25(22,23)19(24-2)15(20)12-6-4-3-5-7-12/h3-11H,1-2H3,(H2,17,18,21). The molecule has 2 aromatic rings. The second kappa shape index (κ2) is 7.77. The number of hydrogen-bond acceptors (Lipinski definition) is 5. The third kappa shape index (κ3) is 4.14. The van der Waals surface area contributed by atoms with E-state index in [1.807, 2.05) is 0 Å². The van der Waals surface area contributed by atoms with Gasteiger partial charge in [0.15, 0.2) is 0 Å². The number of urea groups is 1. The molecule has 2 rings (SSSR count). The Bertz CT molecular complexity index is 851. The molecule has 2 N–H and O–H groups in total. The molecule has 2 aromatic carbocycles. The van der Waals surface area contributed by atoms with Crippen molar-refractivity contribution < 1.29 is 22.8 Å². The van der Waals surface area contributed by atoms with Crippen molar-refractivity contribution in [2.45, 2.75) is 4.90 Å². The molecule has 9 heteroatoms. The van der Waals surface area contributed by atoms with Gasteiger partial charge in [-0.2, -0.15) is 8.42 Å². The molecule has 132 valence electrons. The van der Waals surface area contributed by atoms with Crippen LogP contribution in [-0.2, 0) is 14.9 Å². The topological polar surface area (TPSA) is 105 Å². The number of rotatable bonds is 5. The first-order valence-electron chi connectivity index (χ1n) is 7.17. The van der Waals surface area contributed by atoms with Gasteiger partial charge < -0.3 is 10.6 Å². The monoisotopic (exact) mass is 363 g/mol. The number of nitrogens with one attached hydrogen (secondary N) is 2. The number of amides is 3. The Hall–Kier alpha value is -2.91. The highest BCUT2D eigenvalue weighted by Crippen LogP contribution is 2.20. The average molecular weight is 363 g/mol. The Balaban J connectivity index is 2.29. The fourth-order valence-corrected chi connectivity index (χ4v) is 3.17. The maximum atomic E-state index is 12.6. The first kappa shape index (κ1) is 18.4. The third-order valence-electron chi connectivity index (χ3n) is 3.21. The fraction of sp³-hybridized carbons (Fsp3) is 0.125. The normalized spacial score (nSPS) is 10.8. The van der Waals surface area contributed by atoms with Crippen LogP contribution in [0.3, 0.4) is 0 Å². The fourth-order valence-electron chi connectivity index (χ4n) is 1.98. The van der Waals surface area contributed by atoms with E-state index in [1.54, 1.807) is 18.2 Å². The van der Waals surface area contributed by atoms with Crippen LogP contribution in [0.5, 0.6) is 0 Å². The lowest BCUT2D eigenvalue weighted by Crippen LogP contribution is -2.36. The van der Waals surface area contributed by atoms with Crippen molar-refractivity contribution in [2.75, 3.05) is 19.5 Å². The lowest BCUT2D eigenvalue weighted by Gasteiger charge is -2.19. The molecule has 8 nitrogen and oxygen atoms in total. The first-order chi connectivity index (χ1) is 11.9. The highest BCUT2D eigenvalue weighted by molar-refractivity contribution is 7.89.